The molecule has 4 aromatic rings. The third kappa shape index (κ3) is 4.27. The van der Waals surface area contributed by atoms with Gasteiger partial charge in [-0.15, -0.1) is 0 Å². The van der Waals surface area contributed by atoms with Crippen molar-refractivity contribution in [3.05, 3.63) is 76.9 Å². The quantitative estimate of drug-likeness (QED) is 0.285. The Hall–Kier alpha value is -3.95. The Labute approximate surface area is 204 Å². The Morgan fingerprint density at radius 3 is 2.44 bits per heavy atom. The van der Waals surface area contributed by atoms with E-state index in [-0.39, 0.29) is 22.9 Å². The number of amides is 1. The maximum Gasteiger partial charge on any atom is 0.416 e. The van der Waals surface area contributed by atoms with Crippen LogP contribution in [0.1, 0.15) is 52.0 Å². The van der Waals surface area contributed by atoms with Crippen molar-refractivity contribution in [3.63, 3.8) is 0 Å². The second-order valence-electron chi connectivity index (χ2n) is 8.92. The summed E-state index contributed by atoms with van der Waals surface area (Å²) in [5.74, 6) is -0.697. The summed E-state index contributed by atoms with van der Waals surface area (Å²) in [5.41, 5.74) is 1.54. The Morgan fingerprint density at radius 1 is 1.03 bits per heavy atom. The molecule has 7 nitrogen and oxygen atoms in total. The van der Waals surface area contributed by atoms with Crippen molar-refractivity contribution >= 4 is 22.8 Å². The second-order valence-corrected chi connectivity index (χ2v) is 8.92. The molecule has 1 aliphatic rings. The van der Waals surface area contributed by atoms with E-state index in [0.717, 1.165) is 17.6 Å². The highest BCUT2D eigenvalue weighted by molar-refractivity contribution is 6.43. The number of rotatable bonds is 4. The smallest absolute Gasteiger partial charge is 0.416 e. The molecular weight excluding hydrogens is 473 g/mol. The third-order valence-electron chi connectivity index (χ3n) is 6.57. The normalized spacial score (nSPS) is 15.0. The van der Waals surface area contributed by atoms with Gasteiger partial charge in [0.2, 0.25) is 0 Å². The number of carbonyl (C=O) groups excluding carboxylic acids is 2. The van der Waals surface area contributed by atoms with E-state index in [1.807, 2.05) is 24.3 Å². The molecule has 0 aliphatic carbocycles. The molecule has 1 saturated heterocycles. The molecule has 3 heterocycles. The largest absolute Gasteiger partial charge is 0.440 e. The average Bonchev–Trinajstić information content (AvgIpc) is 3.43. The Bertz CT molecular complexity index is 1430. The number of Topliss-reactive ketones (excluding diaryl/α,β-unsaturated/α-hetero) is 1. The zero-order chi connectivity index (χ0) is 25.6. The minimum absolute atomic E-state index is 0.0451. The minimum atomic E-state index is -4.51. The number of piperidine rings is 1. The van der Waals surface area contributed by atoms with Crippen LogP contribution in [0.3, 0.4) is 0 Å². The minimum Gasteiger partial charge on any atom is -0.440 e. The van der Waals surface area contributed by atoms with E-state index in [1.165, 1.54) is 21.7 Å². The molecule has 2 aromatic heterocycles. The molecule has 0 radical (unpaired) electrons. The number of likely N-dealkylation sites (tertiary alicyclic amines) is 1. The van der Waals surface area contributed by atoms with E-state index in [9.17, 15) is 22.8 Å². The summed E-state index contributed by atoms with van der Waals surface area (Å²) >= 11 is 0. The fourth-order valence-corrected chi connectivity index (χ4v) is 4.68. The highest BCUT2D eigenvalue weighted by Crippen LogP contribution is 2.32. The fourth-order valence-electron chi connectivity index (χ4n) is 4.68. The zero-order valence-electron chi connectivity index (χ0n) is 19.7. The van der Waals surface area contributed by atoms with Gasteiger partial charge in [-0.25, -0.2) is 9.67 Å². The van der Waals surface area contributed by atoms with Crippen LogP contribution in [0.25, 0.3) is 16.8 Å². The van der Waals surface area contributed by atoms with Crippen molar-refractivity contribution in [2.24, 2.45) is 0 Å². The van der Waals surface area contributed by atoms with Crippen molar-refractivity contribution < 1.29 is 27.2 Å². The van der Waals surface area contributed by atoms with E-state index in [4.69, 9.17) is 4.42 Å². The first kappa shape index (κ1) is 23.8. The standard InChI is InChI=1S/C26H23F3N4O3/c1-15-22(16(2)33(31-15)19-7-5-6-18(14-19)26(27,28)29)23(34)25(35)32-12-10-17(11-13-32)24-30-20-8-3-4-9-21(20)36-24/h3-9,14,17H,10-13H2,1-2H3. The van der Waals surface area contributed by atoms with Gasteiger partial charge in [-0.3, -0.25) is 9.59 Å². The molecule has 0 saturated carbocycles. The summed E-state index contributed by atoms with van der Waals surface area (Å²) in [4.78, 5) is 32.3. The van der Waals surface area contributed by atoms with Gasteiger partial charge in [0.15, 0.2) is 11.5 Å². The van der Waals surface area contributed by atoms with Gasteiger partial charge in [-0.05, 0) is 57.0 Å². The van der Waals surface area contributed by atoms with Crippen LogP contribution >= 0.6 is 0 Å². The van der Waals surface area contributed by atoms with Crippen molar-refractivity contribution in [2.75, 3.05) is 13.1 Å². The molecule has 1 amide bonds. The molecule has 0 bridgehead atoms. The summed E-state index contributed by atoms with van der Waals surface area (Å²) in [6, 6.07) is 12.2. The van der Waals surface area contributed by atoms with Gasteiger partial charge >= 0.3 is 6.18 Å². The number of fused-ring (bicyclic) bond motifs is 1. The number of aryl methyl sites for hydroxylation is 1. The molecule has 0 atom stereocenters. The summed E-state index contributed by atoms with van der Waals surface area (Å²) in [5, 5.41) is 4.26. The number of nitrogens with zero attached hydrogens (tertiary/aromatic N) is 4. The molecule has 0 spiro atoms. The van der Waals surface area contributed by atoms with Crippen molar-refractivity contribution in [2.45, 2.75) is 38.8 Å². The number of hydrogen-bond donors (Lipinski definition) is 0. The molecule has 1 fully saturated rings. The number of halogens is 3. The lowest BCUT2D eigenvalue weighted by atomic mass is 9.96. The Morgan fingerprint density at radius 2 is 1.75 bits per heavy atom. The first-order chi connectivity index (χ1) is 17.1. The lowest BCUT2D eigenvalue weighted by molar-refractivity contribution is -0.137. The lowest BCUT2D eigenvalue weighted by Gasteiger charge is -2.30. The van der Waals surface area contributed by atoms with E-state index in [2.05, 4.69) is 10.1 Å². The Balaban J connectivity index is 1.32. The van der Waals surface area contributed by atoms with Crippen LogP contribution in [-0.4, -0.2) is 44.4 Å². The number of benzene rings is 2. The first-order valence-electron chi connectivity index (χ1n) is 11.6. The monoisotopic (exact) mass is 496 g/mol. The van der Waals surface area contributed by atoms with E-state index >= 15 is 0 Å². The second kappa shape index (κ2) is 8.92. The van der Waals surface area contributed by atoms with Crippen molar-refractivity contribution in [3.8, 4) is 5.69 Å². The molecule has 1 aliphatic heterocycles. The van der Waals surface area contributed by atoms with Crippen LogP contribution in [0, 0.1) is 13.8 Å². The van der Waals surface area contributed by atoms with Gasteiger partial charge in [0.05, 0.1) is 28.2 Å². The number of ketones is 1. The van der Waals surface area contributed by atoms with E-state index < -0.39 is 23.4 Å². The number of hydrogen-bond acceptors (Lipinski definition) is 5. The third-order valence-corrected chi connectivity index (χ3v) is 6.57. The maximum absolute atomic E-state index is 13.2. The van der Waals surface area contributed by atoms with Gasteiger partial charge in [-0.1, -0.05) is 18.2 Å². The summed E-state index contributed by atoms with van der Waals surface area (Å²) in [7, 11) is 0. The van der Waals surface area contributed by atoms with Crippen LogP contribution in [0.15, 0.2) is 52.9 Å². The maximum atomic E-state index is 13.2. The van der Waals surface area contributed by atoms with Gasteiger partial charge in [0.1, 0.15) is 5.52 Å². The van der Waals surface area contributed by atoms with Crippen LogP contribution in [-0.2, 0) is 11.0 Å². The van der Waals surface area contributed by atoms with E-state index in [1.54, 1.807) is 13.8 Å². The molecule has 5 rings (SSSR count). The van der Waals surface area contributed by atoms with E-state index in [0.29, 0.717) is 43.1 Å². The number of para-hydroxylation sites is 2. The number of alkyl halides is 3. The predicted octanol–water partition coefficient (Wildman–Crippen LogP) is 5.24. The molecular formula is C26H23F3N4O3. The zero-order valence-corrected chi connectivity index (χ0v) is 19.7. The summed E-state index contributed by atoms with van der Waals surface area (Å²) < 4.78 is 46.6. The molecule has 186 valence electrons. The van der Waals surface area contributed by atoms with Crippen LogP contribution < -0.4 is 0 Å². The fraction of sp³-hybridized carbons (Fsp3) is 0.308. The highest BCUT2D eigenvalue weighted by Gasteiger charge is 2.34. The highest BCUT2D eigenvalue weighted by atomic mass is 19.4. The van der Waals surface area contributed by atoms with Crippen LogP contribution in [0.4, 0.5) is 13.2 Å². The van der Waals surface area contributed by atoms with Gasteiger partial charge < -0.3 is 9.32 Å². The number of aromatic nitrogens is 3. The van der Waals surface area contributed by atoms with Gasteiger partial charge in [0, 0.05) is 19.0 Å². The lowest BCUT2D eigenvalue weighted by Crippen LogP contribution is -2.42. The molecule has 0 unspecified atom stereocenters. The summed E-state index contributed by atoms with van der Waals surface area (Å²) in [6.07, 6.45) is -3.30. The first-order valence-corrected chi connectivity index (χ1v) is 11.6. The molecule has 0 N–H and O–H groups in total. The molecule has 10 heteroatoms. The summed E-state index contributed by atoms with van der Waals surface area (Å²) in [6.45, 7) is 3.87. The van der Waals surface area contributed by atoms with Gasteiger partial charge in [0.25, 0.3) is 11.7 Å². The Kier molecular flexibility index (Phi) is 5.89. The predicted molar refractivity (Wildman–Crippen MR) is 125 cm³/mol. The van der Waals surface area contributed by atoms with Gasteiger partial charge in [-0.2, -0.15) is 18.3 Å². The van der Waals surface area contributed by atoms with Crippen LogP contribution in [0.2, 0.25) is 0 Å². The molecule has 2 aromatic carbocycles. The topological polar surface area (TPSA) is 81.2 Å². The van der Waals surface area contributed by atoms with Crippen LogP contribution in [0.5, 0.6) is 0 Å². The number of oxazole rings is 1. The average molecular weight is 496 g/mol. The molecule has 36 heavy (non-hydrogen) atoms. The number of carbonyl (C=O) groups is 2. The van der Waals surface area contributed by atoms with Crippen molar-refractivity contribution in [1.82, 2.24) is 19.7 Å². The van der Waals surface area contributed by atoms with Crippen molar-refractivity contribution in [1.29, 1.82) is 0 Å². The SMILES string of the molecule is Cc1nn(-c2cccc(C(F)(F)F)c2)c(C)c1C(=O)C(=O)N1CCC(c2nc3ccccc3o2)CC1.